The lowest BCUT2D eigenvalue weighted by molar-refractivity contribution is 0.00602. The smallest absolute Gasteiger partial charge is 0.254 e. The van der Waals surface area contributed by atoms with Crippen molar-refractivity contribution in [1.29, 1.82) is 0 Å². The van der Waals surface area contributed by atoms with Crippen molar-refractivity contribution >= 4 is 16.8 Å². The van der Waals surface area contributed by atoms with E-state index in [1.165, 1.54) is 0 Å². The van der Waals surface area contributed by atoms with Crippen molar-refractivity contribution in [3.8, 4) is 0 Å². The summed E-state index contributed by atoms with van der Waals surface area (Å²) in [6, 6.07) is 9.60. The molecule has 0 radical (unpaired) electrons. The van der Waals surface area contributed by atoms with E-state index < -0.39 is 0 Å². The number of carbonyl (C=O) groups excluding carboxylic acids is 1. The zero-order valence-electron chi connectivity index (χ0n) is 11.7. The molecule has 104 valence electrons. The highest BCUT2D eigenvalue weighted by Crippen LogP contribution is 2.25. The number of hydrogen-bond acceptors (Lipinski definition) is 3. The van der Waals surface area contributed by atoms with Gasteiger partial charge in [0.05, 0.1) is 17.2 Å². The van der Waals surface area contributed by atoms with Gasteiger partial charge in [0, 0.05) is 24.2 Å². The average Bonchev–Trinajstić information content (AvgIpc) is 2.42. The SMILES string of the molecule is CC(C)c1cc(C(=O)N2CC(O)C2)c2ccccc2n1. The van der Waals surface area contributed by atoms with Gasteiger partial charge in [-0.05, 0) is 18.1 Å². The first-order valence-electron chi connectivity index (χ1n) is 6.93. The first-order valence-corrected chi connectivity index (χ1v) is 6.93. The van der Waals surface area contributed by atoms with Crippen LogP contribution in [-0.4, -0.2) is 40.1 Å². The molecule has 1 fully saturated rings. The maximum atomic E-state index is 12.5. The first-order chi connectivity index (χ1) is 9.56. The molecule has 1 aliphatic heterocycles. The second-order valence-electron chi connectivity index (χ2n) is 5.63. The topological polar surface area (TPSA) is 53.4 Å². The van der Waals surface area contributed by atoms with Crippen LogP contribution in [0.5, 0.6) is 0 Å². The van der Waals surface area contributed by atoms with Gasteiger partial charge >= 0.3 is 0 Å². The van der Waals surface area contributed by atoms with E-state index in [-0.39, 0.29) is 17.9 Å². The van der Waals surface area contributed by atoms with Gasteiger partial charge in [-0.1, -0.05) is 32.0 Å². The predicted octanol–water partition coefficient (Wildman–Crippen LogP) is 2.17. The molecule has 1 saturated heterocycles. The number of benzene rings is 1. The molecule has 20 heavy (non-hydrogen) atoms. The van der Waals surface area contributed by atoms with Crippen molar-refractivity contribution in [1.82, 2.24) is 9.88 Å². The molecule has 1 amide bonds. The number of nitrogens with zero attached hydrogens (tertiary/aromatic N) is 2. The summed E-state index contributed by atoms with van der Waals surface area (Å²) in [6.45, 7) is 4.98. The molecular formula is C16H18N2O2. The van der Waals surface area contributed by atoms with Crippen molar-refractivity contribution in [2.45, 2.75) is 25.9 Å². The van der Waals surface area contributed by atoms with E-state index in [0.717, 1.165) is 16.6 Å². The van der Waals surface area contributed by atoms with Gasteiger partial charge in [-0.2, -0.15) is 0 Å². The molecule has 0 bridgehead atoms. The summed E-state index contributed by atoms with van der Waals surface area (Å²) >= 11 is 0. The van der Waals surface area contributed by atoms with Gasteiger partial charge < -0.3 is 10.0 Å². The van der Waals surface area contributed by atoms with Crippen molar-refractivity contribution in [3.63, 3.8) is 0 Å². The van der Waals surface area contributed by atoms with E-state index in [0.29, 0.717) is 18.7 Å². The summed E-state index contributed by atoms with van der Waals surface area (Å²) in [5.41, 5.74) is 2.46. The molecule has 1 N–H and O–H groups in total. The number of aromatic nitrogens is 1. The van der Waals surface area contributed by atoms with E-state index >= 15 is 0 Å². The molecule has 0 aliphatic carbocycles. The molecule has 0 saturated carbocycles. The maximum absolute atomic E-state index is 12.5. The summed E-state index contributed by atoms with van der Waals surface area (Å²) in [4.78, 5) is 18.8. The Morgan fingerprint density at radius 2 is 2.05 bits per heavy atom. The highest BCUT2D eigenvalue weighted by Gasteiger charge is 2.30. The van der Waals surface area contributed by atoms with Gasteiger partial charge in [0.2, 0.25) is 0 Å². The fourth-order valence-electron chi connectivity index (χ4n) is 2.46. The zero-order valence-corrected chi connectivity index (χ0v) is 11.7. The van der Waals surface area contributed by atoms with Crippen LogP contribution in [0.1, 0.15) is 35.8 Å². The third-order valence-corrected chi connectivity index (χ3v) is 3.71. The number of pyridine rings is 1. The number of amides is 1. The van der Waals surface area contributed by atoms with Crippen LogP contribution in [0.25, 0.3) is 10.9 Å². The third-order valence-electron chi connectivity index (χ3n) is 3.71. The largest absolute Gasteiger partial charge is 0.389 e. The Bertz CT molecular complexity index is 661. The minimum absolute atomic E-state index is 0.0178. The monoisotopic (exact) mass is 270 g/mol. The average molecular weight is 270 g/mol. The molecule has 1 aromatic heterocycles. The second kappa shape index (κ2) is 4.87. The van der Waals surface area contributed by atoms with Crippen LogP contribution in [0.4, 0.5) is 0 Å². The van der Waals surface area contributed by atoms with Gasteiger partial charge in [0.1, 0.15) is 0 Å². The third kappa shape index (κ3) is 2.16. The number of aliphatic hydroxyl groups is 1. The van der Waals surface area contributed by atoms with Crippen molar-refractivity contribution in [2.75, 3.05) is 13.1 Å². The lowest BCUT2D eigenvalue weighted by Crippen LogP contribution is -2.53. The van der Waals surface area contributed by atoms with Crippen molar-refractivity contribution < 1.29 is 9.90 Å². The van der Waals surface area contributed by atoms with Crippen molar-refractivity contribution in [2.24, 2.45) is 0 Å². The summed E-state index contributed by atoms with van der Waals surface area (Å²) < 4.78 is 0. The molecule has 4 nitrogen and oxygen atoms in total. The van der Waals surface area contributed by atoms with E-state index in [4.69, 9.17) is 0 Å². The Hall–Kier alpha value is -1.94. The number of likely N-dealkylation sites (tertiary alicyclic amines) is 1. The maximum Gasteiger partial charge on any atom is 0.254 e. The van der Waals surface area contributed by atoms with Crippen LogP contribution in [0.15, 0.2) is 30.3 Å². The summed E-state index contributed by atoms with van der Waals surface area (Å²) in [5, 5.41) is 10.2. The van der Waals surface area contributed by atoms with Crippen LogP contribution < -0.4 is 0 Å². The molecule has 4 heteroatoms. The van der Waals surface area contributed by atoms with E-state index in [1.54, 1.807) is 4.90 Å². The number of β-amino-alcohol motifs (C(OH)–C–C–N with tert-alkyl or cyclic N) is 1. The van der Waals surface area contributed by atoms with E-state index in [2.05, 4.69) is 18.8 Å². The van der Waals surface area contributed by atoms with Gasteiger partial charge in [-0.15, -0.1) is 0 Å². The van der Waals surface area contributed by atoms with E-state index in [1.807, 2.05) is 30.3 Å². The lowest BCUT2D eigenvalue weighted by atomic mass is 10.0. The Balaban J connectivity index is 2.10. The Morgan fingerprint density at radius 1 is 1.35 bits per heavy atom. The number of fused-ring (bicyclic) bond motifs is 1. The van der Waals surface area contributed by atoms with Gasteiger partial charge in [-0.25, -0.2) is 0 Å². The van der Waals surface area contributed by atoms with Gasteiger partial charge in [0.25, 0.3) is 5.91 Å². The molecule has 0 spiro atoms. The normalized spacial score (nSPS) is 15.7. The van der Waals surface area contributed by atoms with Gasteiger partial charge in [0.15, 0.2) is 0 Å². The quantitative estimate of drug-likeness (QED) is 0.910. The number of para-hydroxylation sites is 1. The Morgan fingerprint density at radius 3 is 2.70 bits per heavy atom. The molecule has 2 heterocycles. The fourth-order valence-corrected chi connectivity index (χ4v) is 2.46. The molecule has 0 unspecified atom stereocenters. The molecule has 2 aromatic rings. The minimum Gasteiger partial charge on any atom is -0.389 e. The number of hydrogen-bond donors (Lipinski definition) is 1. The highest BCUT2D eigenvalue weighted by atomic mass is 16.3. The second-order valence-corrected chi connectivity index (χ2v) is 5.63. The standard InChI is InChI=1S/C16H18N2O2/c1-10(2)15-7-13(16(20)18-8-11(19)9-18)12-5-3-4-6-14(12)17-15/h3-7,10-11,19H,8-9H2,1-2H3. The van der Waals surface area contributed by atoms with Gasteiger partial charge in [-0.3, -0.25) is 9.78 Å². The molecule has 3 rings (SSSR count). The molecular weight excluding hydrogens is 252 g/mol. The van der Waals surface area contributed by atoms with Crippen LogP contribution >= 0.6 is 0 Å². The molecule has 1 aliphatic rings. The Kier molecular flexibility index (Phi) is 3.18. The fraction of sp³-hybridized carbons (Fsp3) is 0.375. The van der Waals surface area contributed by atoms with E-state index in [9.17, 15) is 9.90 Å². The zero-order chi connectivity index (χ0) is 14.3. The molecule has 0 atom stereocenters. The molecule has 1 aromatic carbocycles. The van der Waals surface area contributed by atoms with Crippen LogP contribution in [0.3, 0.4) is 0 Å². The first kappa shape index (κ1) is 13.1. The number of carbonyl (C=O) groups is 1. The van der Waals surface area contributed by atoms with Crippen LogP contribution in [-0.2, 0) is 0 Å². The lowest BCUT2D eigenvalue weighted by Gasteiger charge is -2.36. The summed E-state index contributed by atoms with van der Waals surface area (Å²) in [5.74, 6) is 0.254. The Labute approximate surface area is 118 Å². The van der Waals surface area contributed by atoms with Crippen LogP contribution in [0.2, 0.25) is 0 Å². The highest BCUT2D eigenvalue weighted by molar-refractivity contribution is 6.06. The minimum atomic E-state index is -0.378. The summed E-state index contributed by atoms with van der Waals surface area (Å²) in [7, 11) is 0. The number of aliphatic hydroxyl groups excluding tert-OH is 1. The number of rotatable bonds is 2. The predicted molar refractivity (Wildman–Crippen MR) is 77.7 cm³/mol. The van der Waals surface area contributed by atoms with Crippen LogP contribution in [0, 0.1) is 0 Å². The van der Waals surface area contributed by atoms with Crippen molar-refractivity contribution in [3.05, 3.63) is 41.6 Å². The summed E-state index contributed by atoms with van der Waals surface area (Å²) in [6.07, 6.45) is -0.378.